The minimum absolute atomic E-state index is 0.830. The van der Waals surface area contributed by atoms with Gasteiger partial charge in [-0.15, -0.1) is 0 Å². The van der Waals surface area contributed by atoms with Crippen LogP contribution in [0.3, 0.4) is 0 Å². The Morgan fingerprint density at radius 3 is 1.17 bits per heavy atom. The number of rotatable bonds is 2. The van der Waals surface area contributed by atoms with Gasteiger partial charge in [-0.1, -0.05) is 48.5 Å². The fourth-order valence-corrected chi connectivity index (χ4v) is 5.95. The summed E-state index contributed by atoms with van der Waals surface area (Å²) in [5, 5.41) is 11.7. The first-order valence-corrected chi connectivity index (χ1v) is 15.4. The summed E-state index contributed by atoms with van der Waals surface area (Å²) in [4.78, 5) is 10.2. The van der Waals surface area contributed by atoms with E-state index in [4.69, 9.17) is 9.98 Å². The molecule has 1 aliphatic heterocycles. The van der Waals surface area contributed by atoms with Gasteiger partial charge in [0, 0.05) is 22.3 Å². The van der Waals surface area contributed by atoms with Crippen LogP contribution < -0.4 is 19.8 Å². The molecule has 0 saturated heterocycles. The number of hydrogen-bond donors (Lipinski definition) is 2. The Bertz CT molecular complexity index is 2060. The molecule has 2 aromatic heterocycles. The lowest BCUT2D eigenvalue weighted by Gasteiger charge is -2.11. The molecular weight excluding hydrogens is 564 g/mol. The Morgan fingerprint density at radius 1 is 0.457 bits per heavy atom. The number of benzene rings is 4. The zero-order valence-corrected chi connectivity index (χ0v) is 26.5. The molecule has 3 heterocycles. The maximum absolute atomic E-state index is 5.09. The average Bonchev–Trinajstić information content (AvgIpc) is 3.03. The Morgan fingerprint density at radius 2 is 0.804 bits per heavy atom. The van der Waals surface area contributed by atoms with E-state index in [0.29, 0.717) is 0 Å². The van der Waals surface area contributed by atoms with Crippen molar-refractivity contribution in [2.75, 3.05) is 10.6 Å². The van der Waals surface area contributed by atoms with Crippen LogP contribution in [0.5, 0.6) is 0 Å². The molecule has 7 rings (SSSR count). The molecule has 0 saturated carbocycles. The van der Waals surface area contributed by atoms with Gasteiger partial charge in [0.2, 0.25) is 11.4 Å². The molecule has 1 aliphatic rings. The lowest BCUT2D eigenvalue weighted by Crippen LogP contribution is -2.34. The van der Waals surface area contributed by atoms with E-state index in [1.807, 2.05) is 24.8 Å². The SMILES string of the molecule is Cc1cc(C)c[n+](/C2=C/Nc3cc4ccccc4cc3N=C/C([n+]3cc(C)cc(C)c3)=C\Nc3cc4ccccc4cc3N=C2)c1. The maximum atomic E-state index is 5.09. The predicted octanol–water partition coefficient (Wildman–Crippen LogP) is 8.74. The van der Waals surface area contributed by atoms with Gasteiger partial charge in [-0.25, -0.2) is 9.98 Å². The van der Waals surface area contributed by atoms with Crippen LogP contribution in [0.4, 0.5) is 22.7 Å². The van der Waals surface area contributed by atoms with Gasteiger partial charge < -0.3 is 10.6 Å². The number of aryl methyl sites for hydroxylation is 4. The Hall–Kier alpha value is -5.88. The van der Waals surface area contributed by atoms with Gasteiger partial charge in [-0.05, 0) is 85.6 Å². The van der Waals surface area contributed by atoms with Gasteiger partial charge in [-0.3, -0.25) is 0 Å². The van der Waals surface area contributed by atoms with Gasteiger partial charge in [0.1, 0.15) is 12.4 Å². The van der Waals surface area contributed by atoms with Crippen LogP contribution in [0.2, 0.25) is 0 Å². The van der Waals surface area contributed by atoms with Crippen LogP contribution in [-0.2, 0) is 0 Å². The molecule has 6 aromatic rings. The molecule has 0 bridgehead atoms. The third kappa shape index (κ3) is 6.19. The van der Waals surface area contributed by atoms with Crippen LogP contribution >= 0.6 is 0 Å². The highest BCUT2D eigenvalue weighted by Crippen LogP contribution is 2.33. The number of nitrogens with zero attached hydrogens (tertiary/aromatic N) is 4. The van der Waals surface area contributed by atoms with Gasteiger partial charge in [0.05, 0.1) is 35.1 Å². The second-order valence-corrected chi connectivity index (χ2v) is 12.0. The largest absolute Gasteiger partial charge is 0.354 e. The minimum atomic E-state index is 0.830. The first kappa shape index (κ1) is 28.9. The van der Waals surface area contributed by atoms with Gasteiger partial charge in [0.15, 0.2) is 24.8 Å². The third-order valence-electron chi connectivity index (χ3n) is 8.03. The highest BCUT2D eigenvalue weighted by atomic mass is 15.0. The minimum Gasteiger partial charge on any atom is -0.354 e. The summed E-state index contributed by atoms with van der Waals surface area (Å²) >= 11 is 0. The van der Waals surface area contributed by atoms with E-state index in [1.165, 1.54) is 22.3 Å². The van der Waals surface area contributed by atoms with Crippen molar-refractivity contribution in [3.05, 3.63) is 144 Å². The van der Waals surface area contributed by atoms with Crippen molar-refractivity contribution in [1.82, 2.24) is 0 Å². The molecule has 6 heteroatoms. The number of hydrogen-bond acceptors (Lipinski definition) is 4. The highest BCUT2D eigenvalue weighted by molar-refractivity contribution is 6.04. The van der Waals surface area contributed by atoms with E-state index in [0.717, 1.165) is 55.7 Å². The quantitative estimate of drug-likeness (QED) is 0.195. The second kappa shape index (κ2) is 12.3. The first-order chi connectivity index (χ1) is 22.4. The molecule has 46 heavy (non-hydrogen) atoms. The molecule has 0 fully saturated rings. The van der Waals surface area contributed by atoms with Crippen LogP contribution in [0.1, 0.15) is 22.3 Å². The lowest BCUT2D eigenvalue weighted by molar-refractivity contribution is -0.576. The Balaban J connectivity index is 1.46. The number of pyridine rings is 2. The van der Waals surface area contributed by atoms with Crippen molar-refractivity contribution in [1.29, 1.82) is 0 Å². The maximum Gasteiger partial charge on any atom is 0.245 e. The van der Waals surface area contributed by atoms with Gasteiger partial charge in [-0.2, -0.15) is 9.13 Å². The third-order valence-corrected chi connectivity index (χ3v) is 8.03. The molecule has 6 nitrogen and oxygen atoms in total. The van der Waals surface area contributed by atoms with Crippen molar-refractivity contribution in [2.24, 2.45) is 9.98 Å². The summed E-state index contributed by atoms with van der Waals surface area (Å²) in [5.74, 6) is 0. The van der Waals surface area contributed by atoms with Gasteiger partial charge in [0.25, 0.3) is 0 Å². The van der Waals surface area contributed by atoms with E-state index in [2.05, 4.69) is 157 Å². The molecule has 4 aromatic carbocycles. The number of aliphatic imine (C=N–C) groups is 2. The van der Waals surface area contributed by atoms with E-state index in [9.17, 15) is 0 Å². The van der Waals surface area contributed by atoms with Crippen LogP contribution in [0, 0.1) is 27.7 Å². The number of aromatic nitrogens is 2. The fraction of sp³-hybridized carbons (Fsp3) is 0.100. The standard InChI is InChI=1S/C40H36N6/c1-27-13-28(2)24-45(23-27)35-19-41-37-15-31-9-5-7-11-33(31)17-39(37)43-21-36(46-25-29(3)14-30(4)26-46)22-44-40-18-34-12-8-6-10-32(34)16-38(40)42-20-35/h5-26,41,44H,1-4H3/q+2/b35-19+,36-22+,42-20?,43-21?. The molecular formula is C40H36N6+2. The van der Waals surface area contributed by atoms with Crippen molar-refractivity contribution >= 4 is 68.1 Å². The number of allylic oxidation sites excluding steroid dienone is 2. The molecule has 0 radical (unpaired) electrons. The molecule has 0 amide bonds. The Labute approximate surface area is 269 Å². The predicted molar refractivity (Wildman–Crippen MR) is 192 cm³/mol. The molecule has 0 aliphatic carbocycles. The molecule has 224 valence electrons. The summed E-state index contributed by atoms with van der Waals surface area (Å²) in [6.45, 7) is 8.43. The summed E-state index contributed by atoms with van der Waals surface area (Å²) in [7, 11) is 0. The monoisotopic (exact) mass is 600 g/mol. The topological polar surface area (TPSA) is 56.5 Å². The zero-order chi connectivity index (χ0) is 31.6. The first-order valence-electron chi connectivity index (χ1n) is 15.4. The average molecular weight is 601 g/mol. The highest BCUT2D eigenvalue weighted by Gasteiger charge is 2.15. The van der Waals surface area contributed by atoms with Crippen molar-refractivity contribution in [3.63, 3.8) is 0 Å². The van der Waals surface area contributed by atoms with E-state index < -0.39 is 0 Å². The normalized spacial score (nSPS) is 15.5. The molecule has 0 spiro atoms. The van der Waals surface area contributed by atoms with Crippen LogP contribution in [0.25, 0.3) is 32.9 Å². The van der Waals surface area contributed by atoms with Crippen molar-refractivity contribution in [3.8, 4) is 0 Å². The number of nitrogens with one attached hydrogen (secondary N) is 2. The Kier molecular flexibility index (Phi) is 7.69. The molecule has 2 N–H and O–H groups in total. The van der Waals surface area contributed by atoms with Crippen molar-refractivity contribution in [2.45, 2.75) is 27.7 Å². The summed E-state index contributed by atoms with van der Waals surface area (Å²) < 4.78 is 4.22. The summed E-state index contributed by atoms with van der Waals surface area (Å²) in [6, 6.07) is 29.6. The fourth-order valence-electron chi connectivity index (χ4n) is 5.95. The van der Waals surface area contributed by atoms with E-state index >= 15 is 0 Å². The molecule has 0 atom stereocenters. The number of fused-ring (bicyclic) bond motifs is 4. The summed E-state index contributed by atoms with van der Waals surface area (Å²) in [5.41, 5.74) is 9.88. The lowest BCUT2D eigenvalue weighted by atomic mass is 10.1. The second-order valence-electron chi connectivity index (χ2n) is 12.0. The van der Waals surface area contributed by atoms with Crippen LogP contribution in [-0.4, -0.2) is 12.4 Å². The van der Waals surface area contributed by atoms with E-state index in [-0.39, 0.29) is 0 Å². The van der Waals surface area contributed by atoms with Crippen molar-refractivity contribution < 1.29 is 9.13 Å². The van der Waals surface area contributed by atoms with Crippen LogP contribution in [0.15, 0.2) is 132 Å². The molecule has 0 unspecified atom stereocenters. The smallest absolute Gasteiger partial charge is 0.245 e. The summed E-state index contributed by atoms with van der Waals surface area (Å²) in [6.07, 6.45) is 16.3. The van der Waals surface area contributed by atoms with Gasteiger partial charge >= 0.3 is 0 Å². The zero-order valence-electron chi connectivity index (χ0n) is 26.5. The number of anilines is 2. The van der Waals surface area contributed by atoms with E-state index in [1.54, 1.807) is 0 Å².